The predicted molar refractivity (Wildman–Crippen MR) is 48.5 cm³/mol. The lowest BCUT2D eigenvalue weighted by atomic mass is 10.1. The van der Waals surface area contributed by atoms with Crippen LogP contribution in [0.1, 0.15) is 20.7 Å². The van der Waals surface area contributed by atoms with Gasteiger partial charge < -0.3 is 0 Å². The highest BCUT2D eigenvalue weighted by molar-refractivity contribution is 6.21. The molecule has 1 heterocycles. The summed E-state index contributed by atoms with van der Waals surface area (Å²) < 4.78 is 13.4. The maximum absolute atomic E-state index is 13.4. The molecule has 1 aromatic rings. The first-order valence-electron chi connectivity index (χ1n) is 4.25. The Kier molecular flexibility index (Phi) is 2.15. The molecular weight excluding hydrogens is 219 g/mol. The molecule has 1 aliphatic heterocycles. The first-order chi connectivity index (χ1) is 7.54. The van der Waals surface area contributed by atoms with Crippen molar-refractivity contribution in [1.82, 2.24) is 5.32 Å². The Bertz CT molecular complexity index is 526. The number of nitrogens with one attached hydrogen (secondary N) is 1. The SMILES string of the molecule is CO[N+](=O)c1cc2c(cc1F)C(=O)NC2=O. The molecule has 16 heavy (non-hydrogen) atoms. The lowest BCUT2D eigenvalue weighted by molar-refractivity contribution is -0.737. The highest BCUT2D eigenvalue weighted by Crippen LogP contribution is 2.25. The molecule has 6 nitrogen and oxygen atoms in total. The standard InChI is InChI=1S/C9H5FN2O4/c1-16-12(15)7-3-5-4(2-6(7)10)8(13)11-9(5)14/h2-3H,1H3/p+1. The summed E-state index contributed by atoms with van der Waals surface area (Å²) in [5.41, 5.74) is -0.582. The van der Waals surface area contributed by atoms with Crippen molar-refractivity contribution in [3.8, 4) is 0 Å². The minimum atomic E-state index is -0.930. The van der Waals surface area contributed by atoms with Gasteiger partial charge in [0, 0.05) is 6.07 Å². The number of benzene rings is 1. The molecule has 82 valence electrons. The van der Waals surface area contributed by atoms with Gasteiger partial charge in [-0.15, -0.1) is 0 Å². The van der Waals surface area contributed by atoms with Gasteiger partial charge in [0.25, 0.3) is 16.7 Å². The van der Waals surface area contributed by atoms with Crippen LogP contribution in [0.5, 0.6) is 0 Å². The van der Waals surface area contributed by atoms with E-state index in [1.807, 2.05) is 5.32 Å². The summed E-state index contributed by atoms with van der Waals surface area (Å²) in [4.78, 5) is 37.6. The molecule has 0 aliphatic carbocycles. The number of amides is 2. The fourth-order valence-corrected chi connectivity index (χ4v) is 1.41. The van der Waals surface area contributed by atoms with Crippen LogP contribution in [0.4, 0.5) is 10.1 Å². The zero-order valence-corrected chi connectivity index (χ0v) is 8.11. The molecular formula is C9H6FN2O4+. The van der Waals surface area contributed by atoms with E-state index in [2.05, 4.69) is 4.84 Å². The molecule has 0 spiro atoms. The molecule has 1 aromatic carbocycles. The molecule has 0 saturated heterocycles. The number of halogens is 1. The Labute approximate surface area is 88.5 Å². The molecule has 0 fully saturated rings. The molecule has 2 amide bonds. The molecule has 0 saturated carbocycles. The first kappa shape index (κ1) is 10.2. The summed E-state index contributed by atoms with van der Waals surface area (Å²) in [7, 11) is 1.06. The summed E-state index contributed by atoms with van der Waals surface area (Å²) >= 11 is 0. The predicted octanol–water partition coefficient (Wildman–Crippen LogP) is 0.681. The van der Waals surface area contributed by atoms with Crippen LogP contribution >= 0.6 is 0 Å². The molecule has 0 bridgehead atoms. The average Bonchev–Trinajstić information content (AvgIpc) is 2.52. The van der Waals surface area contributed by atoms with Crippen LogP contribution in [0.2, 0.25) is 0 Å². The highest BCUT2D eigenvalue weighted by atomic mass is 19.1. The van der Waals surface area contributed by atoms with E-state index >= 15 is 0 Å². The number of carbonyl (C=O) groups is 2. The lowest BCUT2D eigenvalue weighted by Gasteiger charge is -1.95. The van der Waals surface area contributed by atoms with Gasteiger partial charge in [0.1, 0.15) is 0 Å². The normalized spacial score (nSPS) is 13.4. The summed E-state index contributed by atoms with van der Waals surface area (Å²) in [6.45, 7) is 0. The summed E-state index contributed by atoms with van der Waals surface area (Å²) in [6, 6.07) is 1.80. The van der Waals surface area contributed by atoms with Gasteiger partial charge in [0.15, 0.2) is 7.11 Å². The van der Waals surface area contributed by atoms with Crippen LogP contribution in [0.25, 0.3) is 0 Å². The van der Waals surface area contributed by atoms with E-state index in [1.165, 1.54) is 0 Å². The van der Waals surface area contributed by atoms with Gasteiger partial charge >= 0.3 is 5.69 Å². The van der Waals surface area contributed by atoms with Gasteiger partial charge in [0.05, 0.1) is 16.0 Å². The zero-order valence-electron chi connectivity index (χ0n) is 8.11. The number of hydrogen-bond acceptors (Lipinski definition) is 4. The summed E-state index contributed by atoms with van der Waals surface area (Å²) in [6.07, 6.45) is 0. The van der Waals surface area contributed by atoms with E-state index in [-0.39, 0.29) is 16.1 Å². The third-order valence-corrected chi connectivity index (χ3v) is 2.17. The van der Waals surface area contributed by atoms with Gasteiger partial charge in [-0.1, -0.05) is 0 Å². The third-order valence-electron chi connectivity index (χ3n) is 2.17. The molecule has 0 aromatic heterocycles. The molecule has 0 radical (unpaired) electrons. The molecule has 7 heteroatoms. The third kappa shape index (κ3) is 1.33. The van der Waals surface area contributed by atoms with E-state index in [0.29, 0.717) is 0 Å². The second-order valence-electron chi connectivity index (χ2n) is 3.07. The van der Waals surface area contributed by atoms with Gasteiger partial charge in [-0.3, -0.25) is 14.9 Å². The zero-order chi connectivity index (χ0) is 11.9. The Hall–Kier alpha value is -2.31. The number of rotatable bonds is 2. The Balaban J connectivity index is 2.62. The maximum Gasteiger partial charge on any atom is 0.352 e. The molecule has 1 aliphatic rings. The second kappa shape index (κ2) is 3.37. The van der Waals surface area contributed by atoms with E-state index < -0.39 is 23.3 Å². The van der Waals surface area contributed by atoms with Gasteiger partial charge in [-0.25, -0.2) is 4.84 Å². The topological polar surface area (TPSA) is 75.5 Å². The van der Waals surface area contributed by atoms with Crippen molar-refractivity contribution < 1.29 is 23.7 Å². The van der Waals surface area contributed by atoms with Crippen LogP contribution in [0.15, 0.2) is 12.1 Å². The Morgan fingerprint density at radius 3 is 2.38 bits per heavy atom. The van der Waals surface area contributed by atoms with Crippen LogP contribution in [0, 0.1) is 10.7 Å². The number of fused-ring (bicyclic) bond motifs is 1. The Morgan fingerprint density at radius 2 is 1.81 bits per heavy atom. The van der Waals surface area contributed by atoms with E-state index in [0.717, 1.165) is 19.2 Å². The maximum atomic E-state index is 13.4. The lowest BCUT2D eigenvalue weighted by Crippen LogP contribution is -2.19. The molecule has 1 N–H and O–H groups in total. The minimum absolute atomic E-state index is 0.0423. The smallest absolute Gasteiger partial charge is 0.288 e. The Morgan fingerprint density at radius 1 is 1.25 bits per heavy atom. The first-order valence-corrected chi connectivity index (χ1v) is 4.25. The van der Waals surface area contributed by atoms with Crippen molar-refractivity contribution >= 4 is 17.5 Å². The van der Waals surface area contributed by atoms with Crippen molar-refractivity contribution in [2.24, 2.45) is 0 Å². The van der Waals surface area contributed by atoms with Crippen molar-refractivity contribution in [1.29, 1.82) is 0 Å². The van der Waals surface area contributed by atoms with E-state index in [4.69, 9.17) is 0 Å². The number of nitrogens with zero attached hydrogens (tertiary/aromatic N) is 1. The van der Waals surface area contributed by atoms with Crippen LogP contribution in [-0.2, 0) is 4.84 Å². The number of imide groups is 1. The van der Waals surface area contributed by atoms with Gasteiger partial charge in [0.2, 0.25) is 5.82 Å². The van der Waals surface area contributed by atoms with Crippen LogP contribution in [0.3, 0.4) is 0 Å². The van der Waals surface area contributed by atoms with Gasteiger partial charge in [-0.05, 0) is 6.07 Å². The highest BCUT2D eigenvalue weighted by Gasteiger charge is 2.33. The molecule has 0 unspecified atom stereocenters. The number of carbonyl (C=O) groups excluding carboxylic acids is 2. The van der Waals surface area contributed by atoms with Crippen molar-refractivity contribution in [2.45, 2.75) is 0 Å². The van der Waals surface area contributed by atoms with Crippen LogP contribution < -0.4 is 5.32 Å². The monoisotopic (exact) mass is 225 g/mol. The quantitative estimate of drug-likeness (QED) is 0.593. The van der Waals surface area contributed by atoms with E-state index in [9.17, 15) is 18.9 Å². The molecule has 0 atom stereocenters. The second-order valence-corrected chi connectivity index (χ2v) is 3.07. The minimum Gasteiger partial charge on any atom is -0.288 e. The molecule has 2 rings (SSSR count). The van der Waals surface area contributed by atoms with Crippen molar-refractivity contribution in [3.63, 3.8) is 0 Å². The van der Waals surface area contributed by atoms with Gasteiger partial charge in [-0.2, -0.15) is 4.39 Å². The van der Waals surface area contributed by atoms with Crippen molar-refractivity contribution in [2.75, 3.05) is 7.11 Å². The number of hydrogen-bond donors (Lipinski definition) is 1. The van der Waals surface area contributed by atoms with Crippen molar-refractivity contribution in [3.05, 3.63) is 34.0 Å². The fourth-order valence-electron chi connectivity index (χ4n) is 1.41. The largest absolute Gasteiger partial charge is 0.352 e. The van der Waals surface area contributed by atoms with Crippen LogP contribution in [-0.4, -0.2) is 23.8 Å². The average molecular weight is 225 g/mol. The van der Waals surface area contributed by atoms with E-state index in [1.54, 1.807) is 0 Å². The summed E-state index contributed by atoms with van der Waals surface area (Å²) in [5, 5.41) is 1.99. The summed E-state index contributed by atoms with van der Waals surface area (Å²) in [5.74, 6) is -2.27. The fraction of sp³-hybridized carbons (Fsp3) is 0.111.